The molecule has 0 saturated carbocycles. The number of rotatable bonds is 6. The molecule has 0 amide bonds. The number of hydrogen-bond acceptors (Lipinski definition) is 3. The second-order valence-corrected chi connectivity index (χ2v) is 4.23. The van der Waals surface area contributed by atoms with E-state index in [9.17, 15) is 4.79 Å². The molecule has 1 rings (SSSR count). The quantitative estimate of drug-likeness (QED) is 0.576. The second-order valence-electron chi connectivity index (χ2n) is 3.86. The first kappa shape index (κ1) is 13.7. The summed E-state index contributed by atoms with van der Waals surface area (Å²) in [7, 11) is 4.00. The van der Waals surface area contributed by atoms with E-state index in [0.29, 0.717) is 6.61 Å². The summed E-state index contributed by atoms with van der Waals surface area (Å²) in [5, 5.41) is -0.476. The maximum Gasteiger partial charge on any atom is 0.245 e. The van der Waals surface area contributed by atoms with E-state index in [0.717, 1.165) is 17.9 Å². The average molecular weight is 254 g/mol. The van der Waals surface area contributed by atoms with Gasteiger partial charge in [-0.15, -0.1) is 0 Å². The summed E-state index contributed by atoms with van der Waals surface area (Å²) < 4.78 is 5.54. The molecule has 0 radical (unpaired) electrons. The van der Waals surface area contributed by atoms with Crippen molar-refractivity contribution in [1.82, 2.24) is 4.90 Å². The van der Waals surface area contributed by atoms with Crippen LogP contribution in [-0.2, 0) is 4.79 Å². The lowest BCUT2D eigenvalue weighted by Crippen LogP contribution is -2.19. The van der Waals surface area contributed by atoms with E-state index in [2.05, 4.69) is 4.90 Å². The number of nitrogens with zero attached hydrogens (tertiary/aromatic N) is 1. The van der Waals surface area contributed by atoms with Crippen molar-refractivity contribution >= 4 is 22.9 Å². The molecule has 0 atom stereocenters. The number of carbonyl (C=O) groups excluding carboxylic acids is 1. The van der Waals surface area contributed by atoms with Crippen molar-refractivity contribution in [2.45, 2.75) is 0 Å². The molecule has 4 heteroatoms. The second kappa shape index (κ2) is 7.09. The molecule has 0 aliphatic heterocycles. The Hall–Kier alpha value is -1.32. The molecule has 0 aliphatic carbocycles. The van der Waals surface area contributed by atoms with Crippen LogP contribution in [0.5, 0.6) is 5.75 Å². The van der Waals surface area contributed by atoms with Crippen LogP contribution >= 0.6 is 11.6 Å². The number of halogens is 1. The molecule has 0 saturated heterocycles. The zero-order valence-electron chi connectivity index (χ0n) is 10.0. The van der Waals surface area contributed by atoms with Crippen molar-refractivity contribution in [1.29, 1.82) is 0 Å². The smallest absolute Gasteiger partial charge is 0.245 e. The third-order valence-electron chi connectivity index (χ3n) is 2.09. The normalized spacial score (nSPS) is 11.1. The molecule has 3 nitrogen and oxygen atoms in total. The first-order valence-corrected chi connectivity index (χ1v) is 5.71. The summed E-state index contributed by atoms with van der Waals surface area (Å²) in [6.07, 6.45) is 2.99. The van der Waals surface area contributed by atoms with Crippen LogP contribution < -0.4 is 4.74 Å². The largest absolute Gasteiger partial charge is 0.492 e. The summed E-state index contributed by atoms with van der Waals surface area (Å²) in [5.41, 5.74) is 0.916. The third kappa shape index (κ3) is 6.09. The zero-order valence-corrected chi connectivity index (χ0v) is 10.8. The van der Waals surface area contributed by atoms with Gasteiger partial charge in [0.15, 0.2) is 0 Å². The first-order valence-electron chi connectivity index (χ1n) is 5.33. The summed E-state index contributed by atoms with van der Waals surface area (Å²) >= 11 is 5.20. The molecule has 1 aromatic rings. The molecule has 0 unspecified atom stereocenters. The van der Waals surface area contributed by atoms with E-state index in [1.807, 2.05) is 38.4 Å². The fourth-order valence-electron chi connectivity index (χ4n) is 1.18. The Labute approximate surface area is 107 Å². The number of allylic oxidation sites excluding steroid dienone is 1. The van der Waals surface area contributed by atoms with E-state index in [-0.39, 0.29) is 0 Å². The summed E-state index contributed by atoms with van der Waals surface area (Å²) in [4.78, 5) is 12.6. The van der Waals surface area contributed by atoms with E-state index in [4.69, 9.17) is 16.3 Å². The van der Waals surface area contributed by atoms with E-state index >= 15 is 0 Å². The van der Waals surface area contributed by atoms with Crippen LogP contribution in [-0.4, -0.2) is 37.4 Å². The first-order chi connectivity index (χ1) is 8.08. The van der Waals surface area contributed by atoms with Crippen LogP contribution in [0.4, 0.5) is 0 Å². The molecule has 0 aliphatic rings. The Kier molecular flexibility index (Phi) is 5.73. The number of benzene rings is 1. The number of ether oxygens (including phenoxy) is 1. The van der Waals surface area contributed by atoms with Gasteiger partial charge in [0.25, 0.3) is 0 Å². The fourth-order valence-corrected chi connectivity index (χ4v) is 1.25. The van der Waals surface area contributed by atoms with Crippen molar-refractivity contribution < 1.29 is 9.53 Å². The number of hydrogen-bond donors (Lipinski definition) is 0. The molecule has 1 aromatic carbocycles. The third-order valence-corrected chi connectivity index (χ3v) is 2.22. The van der Waals surface area contributed by atoms with E-state index in [1.165, 1.54) is 6.08 Å². The average Bonchev–Trinajstić information content (AvgIpc) is 2.27. The highest BCUT2D eigenvalue weighted by molar-refractivity contribution is 6.66. The van der Waals surface area contributed by atoms with Crippen molar-refractivity contribution in [3.63, 3.8) is 0 Å². The maximum absolute atomic E-state index is 10.5. The molecule has 0 spiro atoms. The fraction of sp³-hybridized carbons (Fsp3) is 0.308. The minimum atomic E-state index is -0.476. The Bertz CT molecular complexity index is 385. The molecule has 0 N–H and O–H groups in total. The maximum atomic E-state index is 10.5. The van der Waals surface area contributed by atoms with Gasteiger partial charge in [-0.3, -0.25) is 4.79 Å². The Morgan fingerprint density at radius 2 is 2.00 bits per heavy atom. The van der Waals surface area contributed by atoms with Crippen LogP contribution in [0.1, 0.15) is 5.56 Å². The Morgan fingerprint density at radius 3 is 2.53 bits per heavy atom. The highest BCUT2D eigenvalue weighted by atomic mass is 35.5. The van der Waals surface area contributed by atoms with Gasteiger partial charge in [-0.1, -0.05) is 18.2 Å². The lowest BCUT2D eigenvalue weighted by molar-refractivity contribution is -0.107. The number of likely N-dealkylation sites (N-methyl/N-ethyl adjacent to an activating group) is 1. The van der Waals surface area contributed by atoms with Gasteiger partial charge in [-0.2, -0.15) is 0 Å². The van der Waals surface area contributed by atoms with Crippen LogP contribution in [0.2, 0.25) is 0 Å². The molecule has 0 fully saturated rings. The summed E-state index contributed by atoms with van der Waals surface area (Å²) in [5.74, 6) is 0.821. The van der Waals surface area contributed by atoms with Crippen molar-refractivity contribution in [2.75, 3.05) is 27.2 Å². The molecule has 0 heterocycles. The number of carbonyl (C=O) groups is 1. The molecule has 0 bridgehead atoms. The SMILES string of the molecule is CN(C)CCOc1ccc(C=CC(=O)Cl)cc1. The van der Waals surface area contributed by atoms with Crippen molar-refractivity contribution in [3.05, 3.63) is 35.9 Å². The van der Waals surface area contributed by atoms with Gasteiger partial charge in [0.05, 0.1) is 0 Å². The van der Waals surface area contributed by atoms with Crippen molar-refractivity contribution in [3.8, 4) is 5.75 Å². The van der Waals surface area contributed by atoms with Gasteiger partial charge in [-0.05, 0) is 49.5 Å². The molecule has 17 heavy (non-hydrogen) atoms. The minimum absolute atomic E-state index is 0.476. The zero-order chi connectivity index (χ0) is 12.7. The van der Waals surface area contributed by atoms with E-state index in [1.54, 1.807) is 6.08 Å². The van der Waals surface area contributed by atoms with Crippen LogP contribution in [0.25, 0.3) is 6.08 Å². The van der Waals surface area contributed by atoms with Gasteiger partial charge in [-0.25, -0.2) is 0 Å². The van der Waals surface area contributed by atoms with Crippen molar-refractivity contribution in [2.24, 2.45) is 0 Å². The van der Waals surface area contributed by atoms with Gasteiger partial charge in [0.2, 0.25) is 5.24 Å². The molecular weight excluding hydrogens is 238 g/mol. The predicted octanol–water partition coefficient (Wildman–Crippen LogP) is 2.41. The lowest BCUT2D eigenvalue weighted by Gasteiger charge is -2.10. The standard InChI is InChI=1S/C13H16ClNO2/c1-15(2)9-10-17-12-6-3-11(4-7-12)5-8-13(14)16/h3-8H,9-10H2,1-2H3. The van der Waals surface area contributed by atoms with Gasteiger partial charge in [0.1, 0.15) is 12.4 Å². The van der Waals surface area contributed by atoms with Crippen LogP contribution in [0.15, 0.2) is 30.3 Å². The monoisotopic (exact) mass is 253 g/mol. The van der Waals surface area contributed by atoms with Gasteiger partial charge >= 0.3 is 0 Å². The lowest BCUT2D eigenvalue weighted by atomic mass is 10.2. The van der Waals surface area contributed by atoms with Gasteiger partial charge in [0, 0.05) is 6.54 Å². The van der Waals surface area contributed by atoms with E-state index < -0.39 is 5.24 Å². The highest BCUT2D eigenvalue weighted by Crippen LogP contribution is 2.13. The topological polar surface area (TPSA) is 29.5 Å². The van der Waals surface area contributed by atoms with Crippen LogP contribution in [0.3, 0.4) is 0 Å². The molecular formula is C13H16ClNO2. The Morgan fingerprint density at radius 1 is 1.35 bits per heavy atom. The summed E-state index contributed by atoms with van der Waals surface area (Å²) in [6.45, 7) is 1.53. The summed E-state index contributed by atoms with van der Waals surface area (Å²) in [6, 6.07) is 7.49. The predicted molar refractivity (Wildman–Crippen MR) is 70.4 cm³/mol. The highest BCUT2D eigenvalue weighted by Gasteiger charge is 1.95. The molecule has 92 valence electrons. The van der Waals surface area contributed by atoms with Crippen LogP contribution in [0, 0.1) is 0 Å². The minimum Gasteiger partial charge on any atom is -0.492 e. The Balaban J connectivity index is 2.47. The van der Waals surface area contributed by atoms with Gasteiger partial charge < -0.3 is 9.64 Å². The molecule has 0 aromatic heterocycles.